The molecule has 0 aliphatic heterocycles. The molecule has 5 aromatic rings. The van der Waals surface area contributed by atoms with E-state index in [0.29, 0.717) is 11.9 Å². The van der Waals surface area contributed by atoms with Gasteiger partial charge in [0.25, 0.3) is 0 Å². The van der Waals surface area contributed by atoms with Crippen LogP contribution in [0.4, 0.5) is 0 Å². The number of hydrogen-bond acceptors (Lipinski definition) is 6. The Morgan fingerprint density at radius 3 is 2.76 bits per heavy atom. The zero-order valence-electron chi connectivity index (χ0n) is 18.4. The molecule has 168 valence electrons. The molecule has 2 N–H and O–H groups in total. The van der Waals surface area contributed by atoms with Crippen LogP contribution >= 0.6 is 11.8 Å². The lowest BCUT2D eigenvalue weighted by molar-refractivity contribution is 0.420. The van der Waals surface area contributed by atoms with Crippen LogP contribution in [0.2, 0.25) is 0 Å². The third kappa shape index (κ3) is 3.35. The fourth-order valence-electron chi connectivity index (χ4n) is 4.30. The van der Waals surface area contributed by atoms with Gasteiger partial charge >= 0.3 is 0 Å². The number of para-hydroxylation sites is 3. The number of nitriles is 1. The lowest BCUT2D eigenvalue weighted by Gasteiger charge is -2.09. The van der Waals surface area contributed by atoms with Gasteiger partial charge in [-0.05, 0) is 31.0 Å². The summed E-state index contributed by atoms with van der Waals surface area (Å²) in [5.41, 5.74) is 3.92. The van der Waals surface area contributed by atoms with Crippen molar-refractivity contribution in [2.75, 3.05) is 5.75 Å². The molecular weight excluding hydrogens is 446 g/mol. The van der Waals surface area contributed by atoms with Crippen molar-refractivity contribution in [3.63, 3.8) is 0 Å². The Morgan fingerprint density at radius 2 is 1.97 bits per heavy atom. The first-order chi connectivity index (χ1) is 16.7. The number of aliphatic hydroxyl groups is 1. The number of fused-ring (bicyclic) bond motifs is 2. The second kappa shape index (κ2) is 8.08. The number of thioether (sulfide) groups is 1. The lowest BCUT2D eigenvalue weighted by atomic mass is 10.1. The van der Waals surface area contributed by atoms with Crippen molar-refractivity contribution in [1.29, 1.82) is 5.26 Å². The highest BCUT2D eigenvalue weighted by atomic mass is 32.2. The summed E-state index contributed by atoms with van der Waals surface area (Å²) < 4.78 is 3.99. The van der Waals surface area contributed by atoms with E-state index < -0.39 is 0 Å². The van der Waals surface area contributed by atoms with Crippen molar-refractivity contribution in [3.05, 3.63) is 66.3 Å². The van der Waals surface area contributed by atoms with Gasteiger partial charge < -0.3 is 14.7 Å². The molecule has 2 aromatic carbocycles. The summed E-state index contributed by atoms with van der Waals surface area (Å²) in [6.07, 6.45) is 4.12. The SMILES string of the molecule is Cn1c(/C(C#N)=C(\O)CSc2nnc(-c3c[nH]c4ccccc34)n2C2CC2)nc2ccccc21. The molecule has 1 aliphatic rings. The molecule has 0 unspecified atom stereocenters. The van der Waals surface area contributed by atoms with E-state index in [0.717, 1.165) is 51.3 Å². The van der Waals surface area contributed by atoms with Crippen molar-refractivity contribution < 1.29 is 5.11 Å². The van der Waals surface area contributed by atoms with E-state index >= 15 is 0 Å². The maximum Gasteiger partial charge on any atom is 0.192 e. The van der Waals surface area contributed by atoms with E-state index in [-0.39, 0.29) is 17.1 Å². The molecule has 1 aliphatic carbocycles. The minimum absolute atomic E-state index is 0.0232. The van der Waals surface area contributed by atoms with Crippen LogP contribution in [0, 0.1) is 11.3 Å². The number of hydrogen-bond donors (Lipinski definition) is 2. The Balaban J connectivity index is 1.33. The first-order valence-electron chi connectivity index (χ1n) is 11.0. The standard InChI is InChI=1S/C25H21N7OS/c1-31-21-9-5-4-8-20(21)28-23(31)17(12-26)22(33)14-34-25-30-29-24(32(25)15-10-11-15)18-13-27-19-7-3-2-6-16(18)19/h2-9,13,15,27,33H,10-11,14H2,1H3/b22-17-. The number of aliphatic hydroxyl groups excluding tert-OH is 1. The normalized spacial score (nSPS) is 14.5. The molecule has 3 aromatic heterocycles. The highest BCUT2D eigenvalue weighted by Gasteiger charge is 2.31. The molecule has 0 amide bonds. The molecule has 9 heteroatoms. The number of allylic oxidation sites excluding steroid dienone is 1. The number of nitrogens with one attached hydrogen (secondary N) is 1. The second-order valence-electron chi connectivity index (χ2n) is 8.36. The van der Waals surface area contributed by atoms with Crippen molar-refractivity contribution >= 4 is 39.3 Å². The maximum atomic E-state index is 10.9. The smallest absolute Gasteiger partial charge is 0.192 e. The Hall–Kier alpha value is -4.03. The first kappa shape index (κ1) is 20.6. The van der Waals surface area contributed by atoms with E-state index in [1.807, 2.05) is 60.3 Å². The minimum atomic E-state index is -0.0232. The van der Waals surface area contributed by atoms with E-state index in [1.54, 1.807) is 0 Å². The van der Waals surface area contributed by atoms with Gasteiger partial charge in [0, 0.05) is 35.8 Å². The number of imidazole rings is 1. The van der Waals surface area contributed by atoms with E-state index in [1.165, 1.54) is 11.8 Å². The van der Waals surface area contributed by atoms with Gasteiger partial charge in [-0.15, -0.1) is 10.2 Å². The molecule has 6 rings (SSSR count). The van der Waals surface area contributed by atoms with Crippen LogP contribution < -0.4 is 0 Å². The monoisotopic (exact) mass is 467 g/mol. The van der Waals surface area contributed by atoms with Crippen LogP contribution in [0.25, 0.3) is 38.9 Å². The number of aryl methyl sites for hydroxylation is 1. The van der Waals surface area contributed by atoms with E-state index in [4.69, 9.17) is 0 Å². The van der Waals surface area contributed by atoms with Gasteiger partial charge in [0.15, 0.2) is 16.8 Å². The Kier molecular flexibility index (Phi) is 4.89. The Labute approximate surface area is 199 Å². The molecule has 0 atom stereocenters. The number of aromatic nitrogens is 6. The van der Waals surface area contributed by atoms with E-state index in [2.05, 4.69) is 36.9 Å². The van der Waals surface area contributed by atoms with Crippen molar-refractivity contribution in [3.8, 4) is 17.5 Å². The summed E-state index contributed by atoms with van der Waals surface area (Å²) in [6, 6.07) is 18.3. The number of rotatable bonds is 6. The fourth-order valence-corrected chi connectivity index (χ4v) is 5.18. The molecule has 3 heterocycles. The molecule has 1 fully saturated rings. The first-order valence-corrected chi connectivity index (χ1v) is 12.0. The van der Waals surface area contributed by atoms with Crippen molar-refractivity contribution in [1.82, 2.24) is 29.3 Å². The average molecular weight is 468 g/mol. The van der Waals surface area contributed by atoms with Gasteiger partial charge in [0.2, 0.25) is 0 Å². The number of benzene rings is 2. The summed E-state index contributed by atoms with van der Waals surface area (Å²) in [7, 11) is 1.85. The zero-order valence-corrected chi connectivity index (χ0v) is 19.3. The molecule has 8 nitrogen and oxygen atoms in total. The molecule has 0 spiro atoms. The molecule has 0 bridgehead atoms. The average Bonchev–Trinajstić information content (AvgIpc) is 3.33. The maximum absolute atomic E-state index is 10.9. The lowest BCUT2D eigenvalue weighted by Crippen LogP contribution is -2.03. The van der Waals surface area contributed by atoms with Gasteiger partial charge in [-0.2, -0.15) is 5.26 Å². The second-order valence-corrected chi connectivity index (χ2v) is 9.30. The van der Waals surface area contributed by atoms with Crippen LogP contribution in [0.5, 0.6) is 0 Å². The topological polar surface area (TPSA) is 108 Å². The molecule has 34 heavy (non-hydrogen) atoms. The summed E-state index contributed by atoms with van der Waals surface area (Å²) in [5, 5.41) is 31.5. The summed E-state index contributed by atoms with van der Waals surface area (Å²) in [4.78, 5) is 7.87. The van der Waals surface area contributed by atoms with Crippen molar-refractivity contribution in [2.45, 2.75) is 24.0 Å². The predicted octanol–water partition coefficient (Wildman–Crippen LogP) is 5.23. The van der Waals surface area contributed by atoms with Crippen LogP contribution in [-0.4, -0.2) is 40.2 Å². The zero-order chi connectivity index (χ0) is 23.2. The van der Waals surface area contributed by atoms with Crippen LogP contribution in [-0.2, 0) is 7.05 Å². The quantitative estimate of drug-likeness (QED) is 0.201. The summed E-state index contributed by atoms with van der Waals surface area (Å²) in [6.45, 7) is 0. The summed E-state index contributed by atoms with van der Waals surface area (Å²) >= 11 is 1.38. The van der Waals surface area contributed by atoms with Crippen molar-refractivity contribution in [2.24, 2.45) is 7.05 Å². The van der Waals surface area contributed by atoms with E-state index in [9.17, 15) is 10.4 Å². The molecule has 0 radical (unpaired) electrons. The molecular formula is C25H21N7OS. The Morgan fingerprint density at radius 1 is 1.18 bits per heavy atom. The van der Waals surface area contributed by atoms with Crippen LogP contribution in [0.1, 0.15) is 24.7 Å². The van der Waals surface area contributed by atoms with Gasteiger partial charge in [-0.1, -0.05) is 42.1 Å². The minimum Gasteiger partial charge on any atom is -0.510 e. The van der Waals surface area contributed by atoms with Crippen LogP contribution in [0.15, 0.2) is 65.6 Å². The van der Waals surface area contributed by atoms with Crippen LogP contribution in [0.3, 0.4) is 0 Å². The predicted molar refractivity (Wildman–Crippen MR) is 132 cm³/mol. The third-order valence-corrected chi connectivity index (χ3v) is 7.11. The fraction of sp³-hybridized carbons (Fsp3) is 0.200. The van der Waals surface area contributed by atoms with Gasteiger partial charge in [0.1, 0.15) is 17.4 Å². The van der Waals surface area contributed by atoms with Gasteiger partial charge in [-0.3, -0.25) is 4.57 Å². The number of H-pyrrole nitrogens is 1. The summed E-state index contributed by atoms with van der Waals surface area (Å²) in [5.74, 6) is 1.45. The molecule has 0 saturated heterocycles. The molecule has 1 saturated carbocycles. The highest BCUT2D eigenvalue weighted by molar-refractivity contribution is 7.99. The van der Waals surface area contributed by atoms with Gasteiger partial charge in [0.05, 0.1) is 16.8 Å². The highest BCUT2D eigenvalue weighted by Crippen LogP contribution is 2.42. The number of aromatic amines is 1. The third-order valence-electron chi connectivity index (χ3n) is 6.16. The largest absolute Gasteiger partial charge is 0.510 e. The number of nitrogens with zero attached hydrogens (tertiary/aromatic N) is 6. The van der Waals surface area contributed by atoms with Gasteiger partial charge in [-0.25, -0.2) is 4.98 Å². The Bertz CT molecular complexity index is 1610.